The third-order valence-electron chi connectivity index (χ3n) is 4.94. The number of alkyl halides is 3. The van der Waals surface area contributed by atoms with E-state index < -0.39 is 36.7 Å². The van der Waals surface area contributed by atoms with Crippen LogP contribution in [0.1, 0.15) is 17.5 Å². The lowest BCUT2D eigenvalue weighted by atomic mass is 10.2. The summed E-state index contributed by atoms with van der Waals surface area (Å²) >= 11 is 5.64. The van der Waals surface area contributed by atoms with Crippen molar-refractivity contribution in [3.63, 3.8) is 0 Å². The average Bonchev–Trinajstić information content (AvgIpc) is 2.95. The van der Waals surface area contributed by atoms with E-state index in [0.717, 1.165) is 26.3 Å². The Morgan fingerprint density at radius 2 is 1.39 bits per heavy atom. The van der Waals surface area contributed by atoms with Crippen LogP contribution in [-0.2, 0) is 26.2 Å². The number of halogens is 4. The molecule has 1 aliphatic heterocycles. The summed E-state index contributed by atoms with van der Waals surface area (Å²) in [6, 6.07) is 8.71. The van der Waals surface area contributed by atoms with Gasteiger partial charge in [-0.1, -0.05) is 29.3 Å². The van der Waals surface area contributed by atoms with Gasteiger partial charge in [-0.05, 0) is 43.7 Å². The van der Waals surface area contributed by atoms with Crippen LogP contribution in [0.4, 0.5) is 13.2 Å². The van der Waals surface area contributed by atoms with Gasteiger partial charge in [0.1, 0.15) is 0 Å². The molecule has 3 rings (SSSR count). The van der Waals surface area contributed by atoms with Crippen LogP contribution in [0.2, 0.25) is 5.02 Å². The van der Waals surface area contributed by atoms with Gasteiger partial charge in [-0.25, -0.2) is 16.8 Å². The Kier molecular flexibility index (Phi) is 6.73. The van der Waals surface area contributed by atoms with Crippen molar-refractivity contribution in [1.82, 2.24) is 8.61 Å². The average molecular weight is 497 g/mol. The molecule has 2 aromatic rings. The van der Waals surface area contributed by atoms with Crippen molar-refractivity contribution in [3.8, 4) is 0 Å². The summed E-state index contributed by atoms with van der Waals surface area (Å²) in [6.45, 7) is 1.31. The Morgan fingerprint density at radius 1 is 0.839 bits per heavy atom. The number of nitrogens with zero attached hydrogens (tertiary/aromatic N) is 2. The van der Waals surface area contributed by atoms with Crippen molar-refractivity contribution in [3.05, 3.63) is 58.6 Å². The molecule has 0 saturated carbocycles. The summed E-state index contributed by atoms with van der Waals surface area (Å²) in [5.74, 6) is 0. The van der Waals surface area contributed by atoms with E-state index in [1.54, 1.807) is 12.1 Å². The van der Waals surface area contributed by atoms with Crippen molar-refractivity contribution < 1.29 is 30.0 Å². The molecule has 0 unspecified atom stereocenters. The van der Waals surface area contributed by atoms with Gasteiger partial charge in [0.15, 0.2) is 0 Å². The first-order valence-corrected chi connectivity index (χ1v) is 12.5. The van der Waals surface area contributed by atoms with Crippen LogP contribution in [-0.4, -0.2) is 51.6 Å². The maximum atomic E-state index is 13.4. The number of rotatable bonds is 4. The number of hydrogen-bond acceptors (Lipinski definition) is 4. The van der Waals surface area contributed by atoms with Gasteiger partial charge in [0.25, 0.3) is 0 Å². The Hall–Kier alpha value is -1.66. The van der Waals surface area contributed by atoms with Gasteiger partial charge >= 0.3 is 6.18 Å². The van der Waals surface area contributed by atoms with Crippen molar-refractivity contribution in [2.45, 2.75) is 29.3 Å². The first-order valence-electron chi connectivity index (χ1n) is 9.27. The lowest BCUT2D eigenvalue weighted by Gasteiger charge is -2.23. The standard InChI is InChI=1S/C19H20ClF3N2O4S2/c1-14-3-6-16(7-4-14)30(26,27)24-9-2-10-25(12-11-24)31(28,29)18-8-5-15(20)13-17(18)19(21,22)23/h3-8,13H,2,9-12H2,1H3. The molecule has 1 heterocycles. The van der Waals surface area contributed by atoms with E-state index in [1.165, 1.54) is 12.1 Å². The van der Waals surface area contributed by atoms with Gasteiger partial charge in [-0.2, -0.15) is 21.8 Å². The molecule has 6 nitrogen and oxygen atoms in total. The third kappa shape index (κ3) is 5.06. The molecule has 0 aliphatic carbocycles. The Balaban J connectivity index is 1.88. The van der Waals surface area contributed by atoms with Crippen molar-refractivity contribution in [2.75, 3.05) is 26.2 Å². The zero-order valence-electron chi connectivity index (χ0n) is 16.4. The van der Waals surface area contributed by atoms with E-state index in [-0.39, 0.29) is 42.5 Å². The molecule has 1 saturated heterocycles. The minimum absolute atomic E-state index is 0.0506. The summed E-state index contributed by atoms with van der Waals surface area (Å²) in [7, 11) is -8.38. The van der Waals surface area contributed by atoms with Gasteiger partial charge < -0.3 is 0 Å². The molecule has 1 fully saturated rings. The topological polar surface area (TPSA) is 74.8 Å². The Labute approximate surface area is 184 Å². The summed E-state index contributed by atoms with van der Waals surface area (Å²) in [6.07, 6.45) is -4.78. The van der Waals surface area contributed by atoms with Crippen LogP contribution in [0.3, 0.4) is 0 Å². The van der Waals surface area contributed by atoms with Crippen molar-refractivity contribution in [2.24, 2.45) is 0 Å². The smallest absolute Gasteiger partial charge is 0.207 e. The fourth-order valence-electron chi connectivity index (χ4n) is 3.30. The normalized spacial score (nSPS) is 17.5. The molecule has 0 bridgehead atoms. The SMILES string of the molecule is Cc1ccc(S(=O)(=O)N2CCCN(S(=O)(=O)c3ccc(Cl)cc3C(F)(F)F)CC2)cc1. The predicted octanol–water partition coefficient (Wildman–Crippen LogP) is 3.75. The Bertz CT molecular complexity index is 1170. The highest BCUT2D eigenvalue weighted by Crippen LogP contribution is 2.37. The zero-order valence-corrected chi connectivity index (χ0v) is 18.8. The quantitative estimate of drug-likeness (QED) is 0.646. The van der Waals surface area contributed by atoms with E-state index in [9.17, 15) is 30.0 Å². The maximum absolute atomic E-state index is 13.4. The van der Waals surface area contributed by atoms with E-state index in [1.807, 2.05) is 6.92 Å². The molecular weight excluding hydrogens is 477 g/mol. The van der Waals surface area contributed by atoms with Gasteiger partial charge in [-0.3, -0.25) is 0 Å². The Morgan fingerprint density at radius 3 is 1.94 bits per heavy atom. The third-order valence-corrected chi connectivity index (χ3v) is 9.04. The maximum Gasteiger partial charge on any atom is 0.417 e. The molecule has 2 aromatic carbocycles. The molecule has 0 spiro atoms. The highest BCUT2D eigenvalue weighted by Gasteiger charge is 2.40. The van der Waals surface area contributed by atoms with Gasteiger partial charge in [-0.15, -0.1) is 0 Å². The highest BCUT2D eigenvalue weighted by atomic mass is 35.5. The molecule has 31 heavy (non-hydrogen) atoms. The molecular formula is C19H20ClF3N2O4S2. The largest absolute Gasteiger partial charge is 0.417 e. The molecule has 12 heteroatoms. The number of hydrogen-bond donors (Lipinski definition) is 0. The van der Waals surface area contributed by atoms with Crippen molar-refractivity contribution >= 4 is 31.6 Å². The second-order valence-electron chi connectivity index (χ2n) is 7.11. The number of benzene rings is 2. The summed E-state index contributed by atoms with van der Waals surface area (Å²) in [4.78, 5) is -0.828. The van der Waals surface area contributed by atoms with Crippen LogP contribution < -0.4 is 0 Å². The van der Waals surface area contributed by atoms with E-state index >= 15 is 0 Å². The van der Waals surface area contributed by atoms with Crippen LogP contribution in [0.25, 0.3) is 0 Å². The van der Waals surface area contributed by atoms with Crippen LogP contribution in [0, 0.1) is 6.92 Å². The number of aryl methyl sites for hydroxylation is 1. The minimum Gasteiger partial charge on any atom is -0.207 e. The highest BCUT2D eigenvalue weighted by molar-refractivity contribution is 7.89. The van der Waals surface area contributed by atoms with Crippen LogP contribution in [0.15, 0.2) is 52.3 Å². The van der Waals surface area contributed by atoms with Crippen LogP contribution in [0.5, 0.6) is 0 Å². The molecule has 0 aromatic heterocycles. The fraction of sp³-hybridized carbons (Fsp3) is 0.368. The van der Waals surface area contributed by atoms with Crippen molar-refractivity contribution in [1.29, 1.82) is 0 Å². The molecule has 0 radical (unpaired) electrons. The second kappa shape index (κ2) is 8.70. The van der Waals surface area contributed by atoms with E-state index in [0.29, 0.717) is 6.07 Å². The zero-order chi connectivity index (χ0) is 23.0. The summed E-state index contributed by atoms with van der Waals surface area (Å²) in [5, 5.41) is -0.238. The van der Waals surface area contributed by atoms with Gasteiger partial charge in [0.05, 0.1) is 15.4 Å². The molecule has 0 amide bonds. The summed E-state index contributed by atoms with van der Waals surface area (Å²) in [5.41, 5.74) is -0.469. The monoisotopic (exact) mass is 496 g/mol. The lowest BCUT2D eigenvalue weighted by Crippen LogP contribution is -2.37. The summed E-state index contributed by atoms with van der Waals surface area (Å²) < 4.78 is 94.1. The first-order chi connectivity index (χ1) is 14.3. The number of sulfonamides is 2. The van der Waals surface area contributed by atoms with Gasteiger partial charge in [0, 0.05) is 31.2 Å². The first kappa shape index (κ1) is 24.0. The molecule has 1 aliphatic rings. The lowest BCUT2D eigenvalue weighted by molar-refractivity contribution is -0.139. The van der Waals surface area contributed by atoms with Crippen LogP contribution >= 0.6 is 11.6 Å². The minimum atomic E-state index is -4.92. The van der Waals surface area contributed by atoms with E-state index in [4.69, 9.17) is 11.6 Å². The predicted molar refractivity (Wildman–Crippen MR) is 110 cm³/mol. The fourth-order valence-corrected chi connectivity index (χ4v) is 6.60. The molecule has 170 valence electrons. The molecule has 0 N–H and O–H groups in total. The van der Waals surface area contributed by atoms with Gasteiger partial charge in [0.2, 0.25) is 20.0 Å². The second-order valence-corrected chi connectivity index (χ2v) is 11.4. The van der Waals surface area contributed by atoms with E-state index in [2.05, 4.69) is 0 Å². The molecule has 0 atom stereocenters.